The lowest BCUT2D eigenvalue weighted by Crippen LogP contribution is -2.28. The predicted octanol–water partition coefficient (Wildman–Crippen LogP) is 19.3. The van der Waals surface area contributed by atoms with Gasteiger partial charge < -0.3 is 9.47 Å². The Bertz CT molecular complexity index is 4120. The van der Waals surface area contributed by atoms with Gasteiger partial charge in [0, 0.05) is 33.4 Å². The highest BCUT2D eigenvalue weighted by atomic mass is 15.1. The van der Waals surface area contributed by atoms with E-state index in [1.54, 1.807) is 0 Å². The van der Waals surface area contributed by atoms with Crippen LogP contribution < -0.4 is 4.90 Å². The number of rotatable bonds is 10. The van der Waals surface area contributed by atoms with Gasteiger partial charge in [0.25, 0.3) is 0 Å². The summed E-state index contributed by atoms with van der Waals surface area (Å²) in [7, 11) is 0. The average molecular weight is 955 g/mol. The van der Waals surface area contributed by atoms with E-state index < -0.39 is 5.41 Å². The zero-order valence-electron chi connectivity index (χ0n) is 41.3. The first-order valence-electron chi connectivity index (χ1n) is 25.9. The van der Waals surface area contributed by atoms with E-state index in [1.807, 2.05) is 0 Å². The maximum absolute atomic E-state index is 2.44. The highest BCUT2D eigenvalue weighted by molar-refractivity contribution is 6.11. The SMILES string of the molecule is c1ccc(-c2cc(-c3ccccc3)cc(-n3c4ccccc4c4cc(-c5cccc(-c6ccccc6N(c6ccccc6)c6ccc7c(c6)-c6ccccc6C7(c6ccccc6)c6ccccc6)c5)ccc43)c2)cc1. The van der Waals surface area contributed by atoms with Crippen molar-refractivity contribution in [1.29, 1.82) is 0 Å². The van der Waals surface area contributed by atoms with Crippen LogP contribution in [0, 0.1) is 0 Å². The normalized spacial score (nSPS) is 12.4. The molecule has 1 aliphatic rings. The Balaban J connectivity index is 0.892. The molecule has 0 unspecified atom stereocenters. The van der Waals surface area contributed by atoms with Gasteiger partial charge in [0.2, 0.25) is 0 Å². The van der Waals surface area contributed by atoms with Crippen molar-refractivity contribution in [3.8, 4) is 61.3 Å². The van der Waals surface area contributed by atoms with Gasteiger partial charge in [-0.1, -0.05) is 231 Å². The van der Waals surface area contributed by atoms with E-state index in [0.29, 0.717) is 0 Å². The summed E-state index contributed by atoms with van der Waals surface area (Å²) in [5, 5.41) is 2.44. The van der Waals surface area contributed by atoms with Crippen molar-refractivity contribution < 1.29 is 0 Å². The monoisotopic (exact) mass is 954 g/mol. The first-order valence-corrected chi connectivity index (χ1v) is 25.9. The standard InChI is InChI=1S/C73H50N2/c1-6-23-51(24-7-1)56-46-57(52-25-8-2-9-26-52)48-62(47-56)75-71-40-21-18-37-65(71)67-49-54(41-44-72(67)75)53-27-22-28-55(45-53)63-35-17-20-39-70(63)74(60-33-14-5-15-34-60)61-42-43-69-66(50-61)64-36-16-19-38-68(64)73(69,58-29-10-3-11-30-58)59-31-12-4-13-32-59/h1-50H. The summed E-state index contributed by atoms with van der Waals surface area (Å²) in [6.45, 7) is 0. The fourth-order valence-corrected chi connectivity index (χ4v) is 12.1. The summed E-state index contributed by atoms with van der Waals surface area (Å²) in [4.78, 5) is 2.44. The van der Waals surface area contributed by atoms with Crippen molar-refractivity contribution in [2.75, 3.05) is 4.90 Å². The summed E-state index contributed by atoms with van der Waals surface area (Å²) in [5.74, 6) is 0. The van der Waals surface area contributed by atoms with Crippen LogP contribution in [0.3, 0.4) is 0 Å². The van der Waals surface area contributed by atoms with Crippen LogP contribution in [0.2, 0.25) is 0 Å². The molecular formula is C73H50N2. The van der Waals surface area contributed by atoms with Gasteiger partial charge in [-0.15, -0.1) is 0 Å². The molecular weight excluding hydrogens is 905 g/mol. The zero-order chi connectivity index (χ0) is 49.7. The molecule has 0 fully saturated rings. The molecule has 0 saturated heterocycles. The number of para-hydroxylation sites is 3. The fraction of sp³-hybridized carbons (Fsp3) is 0.0137. The van der Waals surface area contributed by atoms with Gasteiger partial charge >= 0.3 is 0 Å². The van der Waals surface area contributed by atoms with E-state index in [0.717, 1.165) is 39.4 Å². The molecule has 0 bridgehead atoms. The second-order valence-electron chi connectivity index (χ2n) is 19.6. The van der Waals surface area contributed by atoms with Crippen molar-refractivity contribution >= 4 is 38.9 Å². The minimum atomic E-state index is -0.472. The lowest BCUT2D eigenvalue weighted by Gasteiger charge is -2.34. The molecule has 75 heavy (non-hydrogen) atoms. The third-order valence-electron chi connectivity index (χ3n) is 15.4. The van der Waals surface area contributed by atoms with Gasteiger partial charge in [-0.3, -0.25) is 0 Å². The topological polar surface area (TPSA) is 8.17 Å². The molecule has 12 aromatic carbocycles. The number of nitrogens with zero attached hydrogens (tertiary/aromatic N) is 2. The van der Waals surface area contributed by atoms with E-state index in [2.05, 4.69) is 313 Å². The van der Waals surface area contributed by atoms with E-state index >= 15 is 0 Å². The summed E-state index contributed by atoms with van der Waals surface area (Å²) >= 11 is 0. The number of fused-ring (bicyclic) bond motifs is 6. The van der Waals surface area contributed by atoms with Crippen molar-refractivity contribution in [3.63, 3.8) is 0 Å². The Labute approximate surface area is 438 Å². The van der Waals surface area contributed by atoms with Crippen LogP contribution >= 0.6 is 0 Å². The lowest BCUT2D eigenvalue weighted by atomic mass is 9.68. The molecule has 0 atom stereocenters. The minimum Gasteiger partial charge on any atom is -0.310 e. The first kappa shape index (κ1) is 44.0. The summed E-state index contributed by atoms with van der Waals surface area (Å²) in [5.41, 5.74) is 23.3. The highest BCUT2D eigenvalue weighted by Crippen LogP contribution is 2.57. The first-order chi connectivity index (χ1) is 37.2. The number of hydrogen-bond donors (Lipinski definition) is 0. The molecule has 0 aliphatic heterocycles. The number of anilines is 3. The maximum atomic E-state index is 2.44. The van der Waals surface area contributed by atoms with Gasteiger partial charge in [-0.2, -0.15) is 0 Å². The number of benzene rings is 12. The van der Waals surface area contributed by atoms with Crippen molar-refractivity contribution in [1.82, 2.24) is 4.57 Å². The predicted molar refractivity (Wildman–Crippen MR) is 315 cm³/mol. The molecule has 2 nitrogen and oxygen atoms in total. The molecule has 0 amide bonds. The Hall–Kier alpha value is -9.76. The Morgan fingerprint density at radius 3 is 1.47 bits per heavy atom. The van der Waals surface area contributed by atoms with Crippen LogP contribution in [-0.2, 0) is 5.41 Å². The molecule has 1 heterocycles. The van der Waals surface area contributed by atoms with Gasteiger partial charge in [0.05, 0.1) is 22.1 Å². The summed E-state index contributed by atoms with van der Waals surface area (Å²) in [6, 6.07) is 111. The molecule has 13 aromatic rings. The highest BCUT2D eigenvalue weighted by Gasteiger charge is 2.46. The minimum absolute atomic E-state index is 0.472. The molecule has 0 N–H and O–H groups in total. The lowest BCUT2D eigenvalue weighted by molar-refractivity contribution is 0.768. The molecule has 352 valence electrons. The van der Waals surface area contributed by atoms with Crippen molar-refractivity contribution in [2.45, 2.75) is 5.41 Å². The molecule has 2 heteroatoms. The molecule has 1 aromatic heterocycles. The third kappa shape index (κ3) is 7.41. The summed E-state index contributed by atoms with van der Waals surface area (Å²) in [6.07, 6.45) is 0. The molecule has 1 aliphatic carbocycles. The molecule has 0 spiro atoms. The van der Waals surface area contributed by atoms with Crippen molar-refractivity contribution in [3.05, 3.63) is 326 Å². The van der Waals surface area contributed by atoms with Gasteiger partial charge in [0.15, 0.2) is 0 Å². The number of aromatic nitrogens is 1. The van der Waals surface area contributed by atoms with Crippen LogP contribution in [-0.4, -0.2) is 4.57 Å². The fourth-order valence-electron chi connectivity index (χ4n) is 12.1. The van der Waals surface area contributed by atoms with E-state index in [-0.39, 0.29) is 0 Å². The summed E-state index contributed by atoms with van der Waals surface area (Å²) < 4.78 is 2.44. The van der Waals surface area contributed by atoms with Gasteiger partial charge in [-0.25, -0.2) is 0 Å². The largest absolute Gasteiger partial charge is 0.310 e. The van der Waals surface area contributed by atoms with Crippen LogP contribution in [0.5, 0.6) is 0 Å². The van der Waals surface area contributed by atoms with Crippen molar-refractivity contribution in [2.24, 2.45) is 0 Å². The average Bonchev–Trinajstić information content (AvgIpc) is 4.00. The zero-order valence-corrected chi connectivity index (χ0v) is 41.3. The molecule has 14 rings (SSSR count). The van der Waals surface area contributed by atoms with E-state index in [9.17, 15) is 0 Å². The second-order valence-corrected chi connectivity index (χ2v) is 19.6. The van der Waals surface area contributed by atoms with Crippen LogP contribution in [0.15, 0.2) is 303 Å². The van der Waals surface area contributed by atoms with Crippen LogP contribution in [0.25, 0.3) is 83.1 Å². The number of hydrogen-bond acceptors (Lipinski definition) is 1. The quantitative estimate of drug-likeness (QED) is 0.133. The van der Waals surface area contributed by atoms with E-state index in [1.165, 1.54) is 83.0 Å². The molecule has 0 saturated carbocycles. The van der Waals surface area contributed by atoms with Gasteiger partial charge in [-0.05, 0) is 145 Å². The van der Waals surface area contributed by atoms with Crippen LogP contribution in [0.4, 0.5) is 17.1 Å². The smallest absolute Gasteiger partial charge is 0.0713 e. The Morgan fingerprint density at radius 1 is 0.267 bits per heavy atom. The van der Waals surface area contributed by atoms with Gasteiger partial charge in [0.1, 0.15) is 0 Å². The third-order valence-corrected chi connectivity index (χ3v) is 15.4. The Morgan fingerprint density at radius 2 is 0.773 bits per heavy atom. The van der Waals surface area contributed by atoms with E-state index in [4.69, 9.17) is 0 Å². The molecule has 0 radical (unpaired) electrons. The van der Waals surface area contributed by atoms with Crippen LogP contribution in [0.1, 0.15) is 22.3 Å². The maximum Gasteiger partial charge on any atom is 0.0713 e. The second kappa shape index (κ2) is 18.4. The Kier molecular flexibility index (Phi) is 10.8.